The minimum atomic E-state index is -0.635. The fourth-order valence-electron chi connectivity index (χ4n) is 2.77. The van der Waals surface area contributed by atoms with Crippen molar-refractivity contribution in [2.75, 3.05) is 19.0 Å². The van der Waals surface area contributed by atoms with Gasteiger partial charge in [-0.25, -0.2) is 9.59 Å². The lowest BCUT2D eigenvalue weighted by Gasteiger charge is -2.11. The SMILES string of the molecule is CCOC(=O)Nc1cc(C(=O)OC)cc2c(C(C)=O)c(C)n(C)c12. The maximum Gasteiger partial charge on any atom is 0.411 e. The van der Waals surface area contributed by atoms with Gasteiger partial charge in [0.05, 0.1) is 30.5 Å². The number of aromatic nitrogens is 1. The Morgan fingerprint density at radius 2 is 1.92 bits per heavy atom. The quantitative estimate of drug-likeness (QED) is 0.687. The first-order valence-electron chi connectivity index (χ1n) is 7.47. The van der Waals surface area contributed by atoms with Gasteiger partial charge in [0.2, 0.25) is 0 Å². The molecule has 2 rings (SSSR count). The van der Waals surface area contributed by atoms with Crippen molar-refractivity contribution in [1.82, 2.24) is 4.57 Å². The van der Waals surface area contributed by atoms with Crippen molar-refractivity contribution in [1.29, 1.82) is 0 Å². The molecule has 1 aromatic heterocycles. The molecule has 0 saturated heterocycles. The number of Topliss-reactive ketones (excluding diaryl/α,β-unsaturated/α-hetero) is 1. The van der Waals surface area contributed by atoms with Gasteiger partial charge in [-0.05, 0) is 32.9 Å². The number of fused-ring (bicyclic) bond motifs is 1. The maximum absolute atomic E-state index is 12.0. The molecule has 1 N–H and O–H groups in total. The van der Waals surface area contributed by atoms with Crippen molar-refractivity contribution in [2.24, 2.45) is 7.05 Å². The van der Waals surface area contributed by atoms with Crippen LogP contribution in [0, 0.1) is 6.92 Å². The van der Waals surface area contributed by atoms with Gasteiger partial charge < -0.3 is 14.0 Å². The fraction of sp³-hybridized carbons (Fsp3) is 0.353. The number of methoxy groups -OCH3 is 1. The lowest BCUT2D eigenvalue weighted by molar-refractivity contribution is 0.0600. The van der Waals surface area contributed by atoms with Crippen molar-refractivity contribution in [3.63, 3.8) is 0 Å². The van der Waals surface area contributed by atoms with Crippen LogP contribution in [0.1, 0.15) is 40.3 Å². The lowest BCUT2D eigenvalue weighted by atomic mass is 10.0. The van der Waals surface area contributed by atoms with Crippen molar-refractivity contribution in [2.45, 2.75) is 20.8 Å². The molecule has 0 aliphatic carbocycles. The fourth-order valence-corrected chi connectivity index (χ4v) is 2.77. The van der Waals surface area contributed by atoms with E-state index in [0.29, 0.717) is 22.2 Å². The number of anilines is 1. The monoisotopic (exact) mass is 332 g/mol. The van der Waals surface area contributed by atoms with Crippen LogP contribution in [-0.2, 0) is 16.5 Å². The highest BCUT2D eigenvalue weighted by atomic mass is 16.5. The Kier molecular flexibility index (Phi) is 4.92. The second kappa shape index (κ2) is 6.74. The molecular formula is C17H20N2O5. The van der Waals surface area contributed by atoms with Crippen LogP contribution in [0.15, 0.2) is 12.1 Å². The van der Waals surface area contributed by atoms with E-state index in [1.165, 1.54) is 20.1 Å². The van der Waals surface area contributed by atoms with Gasteiger partial charge in [-0.1, -0.05) is 0 Å². The molecule has 1 heterocycles. The molecule has 0 saturated carbocycles. The number of ketones is 1. The first-order valence-corrected chi connectivity index (χ1v) is 7.47. The second-order valence-corrected chi connectivity index (χ2v) is 5.33. The summed E-state index contributed by atoms with van der Waals surface area (Å²) in [6.07, 6.45) is -0.635. The van der Waals surface area contributed by atoms with Crippen LogP contribution in [0.5, 0.6) is 0 Å². The van der Waals surface area contributed by atoms with E-state index in [4.69, 9.17) is 9.47 Å². The van der Waals surface area contributed by atoms with E-state index in [-0.39, 0.29) is 18.0 Å². The number of rotatable bonds is 4. The molecule has 0 spiro atoms. The third-order valence-electron chi connectivity index (χ3n) is 3.86. The number of esters is 1. The Hall–Kier alpha value is -2.83. The van der Waals surface area contributed by atoms with Crippen LogP contribution in [0.25, 0.3) is 10.9 Å². The average molecular weight is 332 g/mol. The summed E-state index contributed by atoms with van der Waals surface area (Å²) in [7, 11) is 3.06. The predicted molar refractivity (Wildman–Crippen MR) is 89.6 cm³/mol. The largest absolute Gasteiger partial charge is 0.465 e. The van der Waals surface area contributed by atoms with Gasteiger partial charge in [0.1, 0.15) is 0 Å². The zero-order chi connectivity index (χ0) is 18.0. The zero-order valence-electron chi connectivity index (χ0n) is 14.4. The number of benzene rings is 1. The molecule has 0 fully saturated rings. The number of nitrogens with zero attached hydrogens (tertiary/aromatic N) is 1. The number of nitrogens with one attached hydrogen (secondary N) is 1. The maximum atomic E-state index is 12.0. The van der Waals surface area contributed by atoms with Crippen LogP contribution < -0.4 is 5.32 Å². The van der Waals surface area contributed by atoms with E-state index >= 15 is 0 Å². The lowest BCUT2D eigenvalue weighted by Crippen LogP contribution is -2.15. The minimum absolute atomic E-state index is 0.123. The molecule has 0 aliphatic rings. The highest BCUT2D eigenvalue weighted by Gasteiger charge is 2.22. The summed E-state index contributed by atoms with van der Waals surface area (Å²) in [4.78, 5) is 35.8. The van der Waals surface area contributed by atoms with Crippen molar-refractivity contribution >= 4 is 34.4 Å². The molecule has 2 aromatic rings. The number of carbonyl (C=O) groups excluding carboxylic acids is 3. The zero-order valence-corrected chi connectivity index (χ0v) is 14.4. The molecule has 0 radical (unpaired) electrons. The molecule has 0 unspecified atom stereocenters. The Morgan fingerprint density at radius 3 is 2.46 bits per heavy atom. The Bertz CT molecular complexity index is 835. The van der Waals surface area contributed by atoms with Crippen molar-refractivity contribution < 1.29 is 23.9 Å². The molecule has 7 heteroatoms. The number of amides is 1. The van der Waals surface area contributed by atoms with Gasteiger partial charge in [0.25, 0.3) is 0 Å². The van der Waals surface area contributed by atoms with Gasteiger partial charge in [0, 0.05) is 23.7 Å². The predicted octanol–water partition coefficient (Wildman–Crippen LogP) is 3.04. The van der Waals surface area contributed by atoms with Crippen LogP contribution in [-0.4, -0.2) is 36.1 Å². The molecule has 0 atom stereocenters. The number of carbonyl (C=O) groups is 3. The highest BCUT2D eigenvalue weighted by Crippen LogP contribution is 2.33. The normalized spacial score (nSPS) is 10.5. The van der Waals surface area contributed by atoms with E-state index in [0.717, 1.165) is 5.69 Å². The third kappa shape index (κ3) is 2.97. The van der Waals surface area contributed by atoms with E-state index in [9.17, 15) is 14.4 Å². The molecule has 1 amide bonds. The topological polar surface area (TPSA) is 86.6 Å². The molecule has 0 bridgehead atoms. The molecule has 7 nitrogen and oxygen atoms in total. The van der Waals surface area contributed by atoms with Crippen LogP contribution in [0.2, 0.25) is 0 Å². The second-order valence-electron chi connectivity index (χ2n) is 5.33. The number of hydrogen-bond donors (Lipinski definition) is 1. The summed E-state index contributed by atoms with van der Waals surface area (Å²) < 4.78 is 11.5. The van der Waals surface area contributed by atoms with Crippen LogP contribution in [0.4, 0.5) is 10.5 Å². The molecular weight excluding hydrogens is 312 g/mol. The van der Waals surface area contributed by atoms with Crippen LogP contribution in [0.3, 0.4) is 0 Å². The van der Waals surface area contributed by atoms with Gasteiger partial charge in [-0.2, -0.15) is 0 Å². The van der Waals surface area contributed by atoms with Crippen LogP contribution >= 0.6 is 0 Å². The van der Waals surface area contributed by atoms with Gasteiger partial charge >= 0.3 is 12.1 Å². The summed E-state index contributed by atoms with van der Waals surface area (Å²) in [5, 5.41) is 3.21. The average Bonchev–Trinajstić information content (AvgIpc) is 2.78. The summed E-state index contributed by atoms with van der Waals surface area (Å²) in [6, 6.07) is 3.11. The molecule has 24 heavy (non-hydrogen) atoms. The highest BCUT2D eigenvalue weighted by molar-refractivity contribution is 6.14. The van der Waals surface area contributed by atoms with Gasteiger partial charge in [0.15, 0.2) is 5.78 Å². The summed E-state index contributed by atoms with van der Waals surface area (Å²) >= 11 is 0. The Labute approximate surface area is 139 Å². The van der Waals surface area contributed by atoms with Crippen molar-refractivity contribution in [3.05, 3.63) is 29.0 Å². The van der Waals surface area contributed by atoms with Gasteiger partial charge in [-0.15, -0.1) is 0 Å². The molecule has 0 aliphatic heterocycles. The van der Waals surface area contributed by atoms with Crippen molar-refractivity contribution in [3.8, 4) is 0 Å². The summed E-state index contributed by atoms with van der Waals surface area (Å²) in [6.45, 7) is 5.19. The van der Waals surface area contributed by atoms with E-state index in [1.807, 2.05) is 6.92 Å². The minimum Gasteiger partial charge on any atom is -0.465 e. The molecule has 128 valence electrons. The first-order chi connectivity index (χ1) is 11.3. The Morgan fingerprint density at radius 1 is 1.25 bits per heavy atom. The number of hydrogen-bond acceptors (Lipinski definition) is 5. The van der Waals surface area contributed by atoms with E-state index < -0.39 is 12.1 Å². The first kappa shape index (κ1) is 17.5. The van der Waals surface area contributed by atoms with Gasteiger partial charge in [-0.3, -0.25) is 10.1 Å². The van der Waals surface area contributed by atoms with E-state index in [2.05, 4.69) is 5.32 Å². The molecule has 1 aromatic carbocycles. The number of ether oxygens (including phenoxy) is 2. The summed E-state index contributed by atoms with van der Waals surface area (Å²) in [5.74, 6) is -0.679. The standard InChI is InChI=1S/C17H20N2O5/c1-6-24-17(22)18-13-8-11(16(21)23-5)7-12-14(10(3)20)9(2)19(4)15(12)13/h7-8H,6H2,1-5H3,(H,18,22). The number of aryl methyl sites for hydroxylation is 1. The Balaban J connectivity index is 2.78. The van der Waals surface area contributed by atoms with E-state index in [1.54, 1.807) is 24.6 Å². The smallest absolute Gasteiger partial charge is 0.411 e. The third-order valence-corrected chi connectivity index (χ3v) is 3.86. The summed E-state index contributed by atoms with van der Waals surface area (Å²) in [5.41, 5.74) is 2.50.